The summed E-state index contributed by atoms with van der Waals surface area (Å²) >= 11 is 1.49. The first-order valence-corrected chi connectivity index (χ1v) is 8.22. The number of anilines is 1. The van der Waals surface area contributed by atoms with Crippen molar-refractivity contribution in [2.24, 2.45) is 0 Å². The summed E-state index contributed by atoms with van der Waals surface area (Å²) in [4.78, 5) is 21.3. The van der Waals surface area contributed by atoms with E-state index in [2.05, 4.69) is 20.4 Å². The highest BCUT2D eigenvalue weighted by Crippen LogP contribution is 2.24. The van der Waals surface area contributed by atoms with Gasteiger partial charge < -0.3 is 14.4 Å². The highest BCUT2D eigenvalue weighted by atomic mass is 32.1. The van der Waals surface area contributed by atoms with Crippen LogP contribution in [0.1, 0.15) is 5.76 Å². The zero-order valence-electron chi connectivity index (χ0n) is 12.8. The minimum Gasteiger partial charge on any atom is -0.360 e. The molecule has 0 saturated carbocycles. The molecule has 0 aliphatic carbocycles. The summed E-state index contributed by atoms with van der Waals surface area (Å²) in [5.74, 6) is 1.51. The van der Waals surface area contributed by atoms with E-state index in [0.717, 1.165) is 16.7 Å². The molecular formula is C16H13N5O2S. The fraction of sp³-hybridized carbons (Fsp3) is 0.125. The summed E-state index contributed by atoms with van der Waals surface area (Å²) in [5.41, 5.74) is 4.20. The Morgan fingerprint density at radius 1 is 1.38 bits per heavy atom. The number of amides is 1. The molecule has 0 aliphatic rings. The van der Waals surface area contributed by atoms with Crippen LogP contribution in [-0.4, -0.2) is 25.6 Å². The third kappa shape index (κ3) is 2.67. The van der Waals surface area contributed by atoms with E-state index in [0.29, 0.717) is 17.4 Å². The number of fused-ring (bicyclic) bond motifs is 1. The number of aromatic nitrogens is 4. The van der Waals surface area contributed by atoms with Gasteiger partial charge in [-0.2, -0.15) is 0 Å². The van der Waals surface area contributed by atoms with E-state index in [9.17, 15) is 4.79 Å². The Balaban J connectivity index is 1.69. The first kappa shape index (κ1) is 14.6. The Hall–Kier alpha value is -3.00. The van der Waals surface area contributed by atoms with Gasteiger partial charge in [0.05, 0.1) is 16.5 Å². The minimum atomic E-state index is -0.206. The Morgan fingerprint density at radius 3 is 3.00 bits per heavy atom. The summed E-state index contributed by atoms with van der Waals surface area (Å²) in [6.07, 6.45) is 0. The predicted octanol–water partition coefficient (Wildman–Crippen LogP) is 3.09. The van der Waals surface area contributed by atoms with Gasteiger partial charge in [0.25, 0.3) is 0 Å². The van der Waals surface area contributed by atoms with Crippen LogP contribution in [0.15, 0.2) is 45.7 Å². The summed E-state index contributed by atoms with van der Waals surface area (Å²) in [6.45, 7) is 1.88. The number of aryl methyl sites for hydroxylation is 1. The number of para-hydroxylation sites is 2. The van der Waals surface area contributed by atoms with Gasteiger partial charge in [-0.3, -0.25) is 4.79 Å². The Bertz CT molecular complexity index is 1000. The Labute approximate surface area is 140 Å². The lowest BCUT2D eigenvalue weighted by molar-refractivity contribution is -0.116. The molecule has 0 aliphatic heterocycles. The van der Waals surface area contributed by atoms with Crippen molar-refractivity contribution in [2.75, 3.05) is 5.32 Å². The number of imidazole rings is 1. The monoisotopic (exact) mass is 339 g/mol. The second kappa shape index (κ2) is 5.89. The summed E-state index contributed by atoms with van der Waals surface area (Å²) in [5, 5.41) is 8.42. The number of hydrogen-bond acceptors (Lipinski definition) is 6. The second-order valence-corrected chi connectivity index (χ2v) is 5.97. The highest BCUT2D eigenvalue weighted by molar-refractivity contribution is 7.07. The van der Waals surface area contributed by atoms with Gasteiger partial charge >= 0.3 is 0 Å². The van der Waals surface area contributed by atoms with Crippen LogP contribution in [-0.2, 0) is 11.3 Å². The number of benzene rings is 1. The van der Waals surface area contributed by atoms with Crippen LogP contribution in [0, 0.1) is 6.92 Å². The fourth-order valence-corrected chi connectivity index (χ4v) is 3.04. The van der Waals surface area contributed by atoms with E-state index in [1.165, 1.54) is 11.3 Å². The van der Waals surface area contributed by atoms with Gasteiger partial charge in [-0.1, -0.05) is 17.3 Å². The van der Waals surface area contributed by atoms with Crippen molar-refractivity contribution in [3.05, 3.63) is 47.0 Å². The van der Waals surface area contributed by atoms with Crippen molar-refractivity contribution >= 4 is 34.1 Å². The maximum atomic E-state index is 12.4. The SMILES string of the molecule is Cc1cc(NC(=O)Cn2c(-c3cscn3)nc3ccccc32)no1. The van der Waals surface area contributed by atoms with Crippen molar-refractivity contribution in [2.45, 2.75) is 13.5 Å². The largest absolute Gasteiger partial charge is 0.360 e. The summed E-state index contributed by atoms with van der Waals surface area (Å²) < 4.78 is 6.81. The van der Waals surface area contributed by atoms with Gasteiger partial charge in [-0.25, -0.2) is 9.97 Å². The Kier molecular flexibility index (Phi) is 3.58. The number of hydrogen-bond donors (Lipinski definition) is 1. The van der Waals surface area contributed by atoms with Crippen LogP contribution >= 0.6 is 11.3 Å². The molecule has 0 radical (unpaired) electrons. The Morgan fingerprint density at radius 2 is 2.25 bits per heavy atom. The van der Waals surface area contributed by atoms with E-state index < -0.39 is 0 Å². The van der Waals surface area contributed by atoms with E-state index in [4.69, 9.17) is 4.52 Å². The first-order chi connectivity index (χ1) is 11.7. The molecule has 0 bridgehead atoms. The molecule has 0 spiro atoms. The molecule has 120 valence electrons. The number of nitrogens with zero attached hydrogens (tertiary/aromatic N) is 4. The quantitative estimate of drug-likeness (QED) is 0.617. The number of nitrogens with one attached hydrogen (secondary N) is 1. The maximum Gasteiger partial charge on any atom is 0.245 e. The van der Waals surface area contributed by atoms with Crippen LogP contribution in [0.25, 0.3) is 22.6 Å². The topological polar surface area (TPSA) is 85.8 Å². The zero-order chi connectivity index (χ0) is 16.5. The average Bonchev–Trinajstić information content (AvgIpc) is 3.28. The molecule has 1 N–H and O–H groups in total. The van der Waals surface area contributed by atoms with Crippen molar-refractivity contribution in [3.8, 4) is 11.5 Å². The molecule has 4 aromatic rings. The van der Waals surface area contributed by atoms with Crippen molar-refractivity contribution < 1.29 is 9.32 Å². The molecule has 8 heteroatoms. The molecule has 7 nitrogen and oxygen atoms in total. The molecule has 4 rings (SSSR count). The van der Waals surface area contributed by atoms with Gasteiger partial charge in [-0.05, 0) is 19.1 Å². The molecule has 24 heavy (non-hydrogen) atoms. The van der Waals surface area contributed by atoms with Crippen LogP contribution in [0.5, 0.6) is 0 Å². The predicted molar refractivity (Wildman–Crippen MR) is 90.7 cm³/mol. The van der Waals surface area contributed by atoms with Gasteiger partial charge in [-0.15, -0.1) is 11.3 Å². The molecule has 3 heterocycles. The lowest BCUT2D eigenvalue weighted by atomic mass is 10.3. The molecule has 0 unspecified atom stereocenters. The molecule has 3 aromatic heterocycles. The molecular weight excluding hydrogens is 326 g/mol. The summed E-state index contributed by atoms with van der Waals surface area (Å²) in [7, 11) is 0. The third-order valence-corrected chi connectivity index (χ3v) is 4.10. The molecule has 0 saturated heterocycles. The van der Waals surface area contributed by atoms with Crippen molar-refractivity contribution in [3.63, 3.8) is 0 Å². The lowest BCUT2D eigenvalue weighted by Gasteiger charge is -2.07. The fourth-order valence-electron chi connectivity index (χ4n) is 2.51. The smallest absolute Gasteiger partial charge is 0.245 e. The van der Waals surface area contributed by atoms with Crippen LogP contribution < -0.4 is 5.32 Å². The van der Waals surface area contributed by atoms with Gasteiger partial charge in [0.15, 0.2) is 11.6 Å². The van der Waals surface area contributed by atoms with E-state index in [-0.39, 0.29) is 12.5 Å². The normalized spacial score (nSPS) is 11.0. The van der Waals surface area contributed by atoms with E-state index in [1.54, 1.807) is 18.5 Å². The highest BCUT2D eigenvalue weighted by Gasteiger charge is 2.17. The second-order valence-electron chi connectivity index (χ2n) is 5.25. The van der Waals surface area contributed by atoms with Gasteiger partial charge in [0.1, 0.15) is 18.0 Å². The number of thiazole rings is 1. The minimum absolute atomic E-state index is 0.110. The lowest BCUT2D eigenvalue weighted by Crippen LogP contribution is -2.19. The first-order valence-electron chi connectivity index (χ1n) is 7.28. The molecule has 1 aromatic carbocycles. The van der Waals surface area contributed by atoms with Crippen LogP contribution in [0.4, 0.5) is 5.82 Å². The van der Waals surface area contributed by atoms with Crippen LogP contribution in [0.3, 0.4) is 0 Å². The molecule has 1 amide bonds. The number of rotatable bonds is 4. The molecule has 0 fully saturated rings. The standard InChI is InChI=1S/C16H13N5O2S/c1-10-6-14(20-23-10)19-15(22)7-21-13-5-3-2-4-11(13)18-16(21)12-8-24-9-17-12/h2-6,8-9H,7H2,1H3,(H,19,20,22). The third-order valence-electron chi connectivity index (χ3n) is 3.51. The molecule has 0 atom stereocenters. The van der Waals surface area contributed by atoms with Crippen molar-refractivity contribution in [1.82, 2.24) is 19.7 Å². The number of carbonyl (C=O) groups is 1. The summed E-state index contributed by atoms with van der Waals surface area (Å²) in [6, 6.07) is 9.37. The van der Waals surface area contributed by atoms with Crippen LogP contribution in [0.2, 0.25) is 0 Å². The van der Waals surface area contributed by atoms with E-state index >= 15 is 0 Å². The number of carbonyl (C=O) groups excluding carboxylic acids is 1. The van der Waals surface area contributed by atoms with E-state index in [1.807, 2.05) is 34.2 Å². The van der Waals surface area contributed by atoms with Crippen molar-refractivity contribution in [1.29, 1.82) is 0 Å². The van der Waals surface area contributed by atoms with Gasteiger partial charge in [0, 0.05) is 11.4 Å². The maximum absolute atomic E-state index is 12.4. The zero-order valence-corrected chi connectivity index (χ0v) is 13.6. The van der Waals surface area contributed by atoms with Gasteiger partial charge in [0.2, 0.25) is 5.91 Å². The average molecular weight is 339 g/mol.